The Bertz CT molecular complexity index is 333. The molecular formula is C11H17ClN2O2S. The summed E-state index contributed by atoms with van der Waals surface area (Å²) < 4.78 is 5.32. The van der Waals surface area contributed by atoms with Gasteiger partial charge in [0.1, 0.15) is 12.4 Å². The van der Waals surface area contributed by atoms with Crippen LogP contribution in [0.3, 0.4) is 0 Å². The zero-order valence-corrected chi connectivity index (χ0v) is 11.3. The van der Waals surface area contributed by atoms with Gasteiger partial charge in [0.25, 0.3) is 0 Å². The molecule has 0 fully saturated rings. The number of thioether (sulfide) groups is 1. The number of anilines is 1. The van der Waals surface area contributed by atoms with Gasteiger partial charge in [-0.1, -0.05) is 0 Å². The normalized spacial score (nSPS) is 9.29. The van der Waals surface area contributed by atoms with Crippen LogP contribution in [0, 0.1) is 0 Å². The number of ether oxygens (including phenoxy) is 1. The standard InChI is InChI=1S/C11H16N2O2S.ClH/c1-16-8-11(14)13-9-2-4-10(5-3-9)15-7-6-12;/h2-5H,6-8,12H2,1H3,(H,13,14);1H. The number of hydrogen-bond acceptors (Lipinski definition) is 4. The monoisotopic (exact) mass is 276 g/mol. The van der Waals surface area contributed by atoms with E-state index in [4.69, 9.17) is 10.5 Å². The molecule has 0 aliphatic rings. The number of rotatable bonds is 6. The summed E-state index contributed by atoms with van der Waals surface area (Å²) in [5.74, 6) is 1.22. The van der Waals surface area contributed by atoms with Crippen molar-refractivity contribution in [3.8, 4) is 5.75 Å². The highest BCUT2D eigenvalue weighted by atomic mass is 35.5. The van der Waals surface area contributed by atoms with E-state index in [2.05, 4.69) is 5.32 Å². The second-order valence-corrected chi connectivity index (χ2v) is 4.01. The summed E-state index contributed by atoms with van der Waals surface area (Å²) in [6.45, 7) is 0.990. The molecule has 1 rings (SSSR count). The number of amides is 1. The van der Waals surface area contributed by atoms with Gasteiger partial charge in [-0.15, -0.1) is 12.4 Å². The molecule has 4 nitrogen and oxygen atoms in total. The average molecular weight is 277 g/mol. The first kappa shape index (κ1) is 16.1. The Labute approximate surface area is 112 Å². The first-order chi connectivity index (χ1) is 7.76. The van der Waals surface area contributed by atoms with E-state index in [0.29, 0.717) is 18.9 Å². The van der Waals surface area contributed by atoms with Crippen molar-refractivity contribution in [1.82, 2.24) is 0 Å². The quantitative estimate of drug-likeness (QED) is 0.831. The molecule has 1 aromatic carbocycles. The highest BCUT2D eigenvalue weighted by molar-refractivity contribution is 7.99. The third-order valence-corrected chi connectivity index (χ3v) is 2.35. The molecule has 0 saturated heterocycles. The van der Waals surface area contributed by atoms with E-state index in [1.807, 2.05) is 30.5 Å². The first-order valence-corrected chi connectivity index (χ1v) is 6.37. The number of nitrogens with one attached hydrogen (secondary N) is 1. The third-order valence-electron chi connectivity index (χ3n) is 1.80. The molecule has 6 heteroatoms. The third kappa shape index (κ3) is 6.41. The summed E-state index contributed by atoms with van der Waals surface area (Å²) in [4.78, 5) is 11.3. The lowest BCUT2D eigenvalue weighted by Gasteiger charge is -2.07. The van der Waals surface area contributed by atoms with E-state index in [9.17, 15) is 4.79 Å². The van der Waals surface area contributed by atoms with Gasteiger partial charge in [-0.05, 0) is 30.5 Å². The van der Waals surface area contributed by atoms with Crippen LogP contribution in [-0.2, 0) is 4.79 Å². The predicted octanol–water partition coefficient (Wildman–Crippen LogP) is 1.75. The van der Waals surface area contributed by atoms with Gasteiger partial charge in [0.05, 0.1) is 5.75 Å². The number of hydrogen-bond donors (Lipinski definition) is 2. The SMILES string of the molecule is CSCC(=O)Nc1ccc(OCCN)cc1.Cl. The second kappa shape index (κ2) is 9.15. The Balaban J connectivity index is 0.00000256. The summed E-state index contributed by atoms with van der Waals surface area (Å²) >= 11 is 1.49. The molecule has 0 atom stereocenters. The van der Waals surface area contributed by atoms with Crippen LogP contribution < -0.4 is 15.8 Å². The lowest BCUT2D eigenvalue weighted by molar-refractivity contribution is -0.113. The van der Waals surface area contributed by atoms with Crippen molar-refractivity contribution in [2.24, 2.45) is 5.73 Å². The van der Waals surface area contributed by atoms with E-state index in [-0.39, 0.29) is 18.3 Å². The van der Waals surface area contributed by atoms with E-state index < -0.39 is 0 Å². The molecule has 0 spiro atoms. The minimum Gasteiger partial charge on any atom is -0.492 e. The van der Waals surface area contributed by atoms with Crippen LogP contribution in [0.2, 0.25) is 0 Å². The van der Waals surface area contributed by atoms with Gasteiger partial charge in [0.2, 0.25) is 5.91 Å². The van der Waals surface area contributed by atoms with Gasteiger partial charge in [0, 0.05) is 12.2 Å². The highest BCUT2D eigenvalue weighted by Crippen LogP contribution is 2.15. The van der Waals surface area contributed by atoms with Crippen molar-refractivity contribution in [2.45, 2.75) is 0 Å². The first-order valence-electron chi connectivity index (χ1n) is 4.98. The summed E-state index contributed by atoms with van der Waals surface area (Å²) in [5.41, 5.74) is 6.10. The lowest BCUT2D eigenvalue weighted by Crippen LogP contribution is -2.13. The molecule has 17 heavy (non-hydrogen) atoms. The van der Waals surface area contributed by atoms with E-state index >= 15 is 0 Å². The van der Waals surface area contributed by atoms with Crippen LogP contribution in [0.5, 0.6) is 5.75 Å². The number of carbonyl (C=O) groups is 1. The summed E-state index contributed by atoms with van der Waals surface area (Å²) in [6.07, 6.45) is 1.89. The lowest BCUT2D eigenvalue weighted by atomic mass is 10.3. The number of nitrogens with two attached hydrogens (primary N) is 1. The van der Waals surface area contributed by atoms with Crippen LogP contribution in [-0.4, -0.2) is 31.1 Å². The molecule has 96 valence electrons. The Morgan fingerprint density at radius 1 is 1.41 bits per heavy atom. The number of carbonyl (C=O) groups excluding carboxylic acids is 1. The molecule has 0 aliphatic carbocycles. The smallest absolute Gasteiger partial charge is 0.234 e. The molecule has 0 unspecified atom stereocenters. The Morgan fingerprint density at radius 3 is 2.59 bits per heavy atom. The molecule has 1 aromatic rings. The summed E-state index contributed by atoms with van der Waals surface area (Å²) in [6, 6.07) is 7.24. The van der Waals surface area contributed by atoms with Crippen molar-refractivity contribution in [2.75, 3.05) is 30.5 Å². The van der Waals surface area contributed by atoms with Crippen molar-refractivity contribution in [3.63, 3.8) is 0 Å². The zero-order chi connectivity index (χ0) is 11.8. The minimum atomic E-state index is 0. The Kier molecular flexibility index (Phi) is 8.66. The van der Waals surface area contributed by atoms with Gasteiger partial charge in [-0.25, -0.2) is 0 Å². The van der Waals surface area contributed by atoms with Crippen LogP contribution in [0.25, 0.3) is 0 Å². The molecule has 0 radical (unpaired) electrons. The predicted molar refractivity (Wildman–Crippen MR) is 75.3 cm³/mol. The van der Waals surface area contributed by atoms with E-state index in [1.165, 1.54) is 11.8 Å². The molecule has 0 aliphatic heterocycles. The fourth-order valence-corrected chi connectivity index (χ4v) is 1.47. The number of benzene rings is 1. The van der Waals surface area contributed by atoms with Gasteiger partial charge < -0.3 is 15.8 Å². The molecule has 0 heterocycles. The molecular weight excluding hydrogens is 260 g/mol. The van der Waals surface area contributed by atoms with Crippen LogP contribution in [0.1, 0.15) is 0 Å². The van der Waals surface area contributed by atoms with E-state index in [0.717, 1.165) is 11.4 Å². The molecule has 0 aromatic heterocycles. The van der Waals surface area contributed by atoms with Gasteiger partial charge in [-0.3, -0.25) is 4.79 Å². The topological polar surface area (TPSA) is 64.3 Å². The van der Waals surface area contributed by atoms with Crippen molar-refractivity contribution in [1.29, 1.82) is 0 Å². The Hall–Kier alpha value is -0.910. The minimum absolute atomic E-state index is 0. The number of halogens is 1. The van der Waals surface area contributed by atoms with Gasteiger partial charge >= 0.3 is 0 Å². The molecule has 0 bridgehead atoms. The van der Waals surface area contributed by atoms with Crippen LogP contribution in [0.15, 0.2) is 24.3 Å². The van der Waals surface area contributed by atoms with Crippen LogP contribution in [0.4, 0.5) is 5.69 Å². The maximum atomic E-state index is 11.3. The maximum absolute atomic E-state index is 11.3. The largest absolute Gasteiger partial charge is 0.492 e. The highest BCUT2D eigenvalue weighted by Gasteiger charge is 2.00. The summed E-state index contributed by atoms with van der Waals surface area (Å²) in [5, 5.41) is 2.79. The molecule has 0 saturated carbocycles. The zero-order valence-electron chi connectivity index (χ0n) is 9.64. The second-order valence-electron chi connectivity index (χ2n) is 3.14. The fourth-order valence-electron chi connectivity index (χ4n) is 1.14. The van der Waals surface area contributed by atoms with E-state index in [1.54, 1.807) is 0 Å². The Morgan fingerprint density at radius 2 is 2.06 bits per heavy atom. The van der Waals surface area contributed by atoms with Gasteiger partial charge in [0.15, 0.2) is 0 Å². The van der Waals surface area contributed by atoms with Crippen molar-refractivity contribution < 1.29 is 9.53 Å². The fraction of sp³-hybridized carbons (Fsp3) is 0.364. The molecule has 1 amide bonds. The van der Waals surface area contributed by atoms with Gasteiger partial charge in [-0.2, -0.15) is 11.8 Å². The summed E-state index contributed by atoms with van der Waals surface area (Å²) in [7, 11) is 0. The average Bonchev–Trinajstić information content (AvgIpc) is 2.28. The maximum Gasteiger partial charge on any atom is 0.234 e. The van der Waals surface area contributed by atoms with Crippen molar-refractivity contribution >= 4 is 35.8 Å². The van der Waals surface area contributed by atoms with Crippen LogP contribution >= 0.6 is 24.2 Å². The van der Waals surface area contributed by atoms with Crippen molar-refractivity contribution in [3.05, 3.63) is 24.3 Å². The molecule has 3 N–H and O–H groups in total.